The topological polar surface area (TPSA) is 35.3 Å². The van der Waals surface area contributed by atoms with Crippen molar-refractivity contribution in [2.24, 2.45) is 0 Å². The van der Waals surface area contributed by atoms with E-state index in [1.165, 1.54) is 0 Å². The molecule has 0 atom stereocenters. The van der Waals surface area contributed by atoms with Gasteiger partial charge in [0.25, 0.3) is 0 Å². The van der Waals surface area contributed by atoms with Gasteiger partial charge in [-0.25, -0.2) is 4.98 Å². The zero-order valence-electron chi connectivity index (χ0n) is 13.8. The zero-order chi connectivity index (χ0) is 17.1. The van der Waals surface area contributed by atoms with Crippen molar-refractivity contribution < 1.29 is 9.15 Å². The van der Waals surface area contributed by atoms with Crippen molar-refractivity contribution in [3.8, 4) is 5.75 Å². The maximum atomic E-state index is 6.02. The van der Waals surface area contributed by atoms with Crippen molar-refractivity contribution in [1.29, 1.82) is 0 Å². The Balaban J connectivity index is 1.87. The van der Waals surface area contributed by atoms with Gasteiger partial charge in [-0.1, -0.05) is 60.7 Å². The van der Waals surface area contributed by atoms with Crippen LogP contribution < -0.4 is 4.74 Å². The summed E-state index contributed by atoms with van der Waals surface area (Å²) >= 11 is 0. The van der Waals surface area contributed by atoms with Gasteiger partial charge in [0.2, 0.25) is 5.89 Å². The molecule has 0 N–H and O–H groups in total. The molecule has 4 rings (SSSR count). The maximum Gasteiger partial charge on any atom is 0.227 e. The Hall–Kier alpha value is -3.33. The van der Waals surface area contributed by atoms with E-state index in [1.807, 2.05) is 54.6 Å². The lowest BCUT2D eigenvalue weighted by molar-refractivity contribution is 0.415. The van der Waals surface area contributed by atoms with E-state index in [0.717, 1.165) is 33.5 Å². The number of oxazole rings is 1. The summed E-state index contributed by atoms with van der Waals surface area (Å²) in [6, 6.07) is 26.0. The van der Waals surface area contributed by atoms with Crippen LogP contribution in [-0.4, -0.2) is 12.1 Å². The first-order valence-electron chi connectivity index (χ1n) is 8.10. The van der Waals surface area contributed by atoms with Crippen molar-refractivity contribution in [2.75, 3.05) is 7.11 Å². The van der Waals surface area contributed by atoms with Gasteiger partial charge in [0.1, 0.15) is 11.3 Å². The third-order valence-corrected chi connectivity index (χ3v) is 4.02. The second-order valence-electron chi connectivity index (χ2n) is 5.69. The van der Waals surface area contributed by atoms with Crippen LogP contribution >= 0.6 is 0 Å². The minimum absolute atomic E-state index is 0.596. The molecule has 0 saturated heterocycles. The third-order valence-electron chi connectivity index (χ3n) is 4.02. The molecule has 0 spiro atoms. The molecule has 3 aromatic carbocycles. The molecular formula is C22H17NO2. The number of hydrogen-bond donors (Lipinski definition) is 0. The predicted octanol–water partition coefficient (Wildman–Crippen LogP) is 5.43. The minimum Gasteiger partial charge on any atom is -0.497 e. The maximum absolute atomic E-state index is 6.02. The number of fused-ring (bicyclic) bond motifs is 1. The zero-order valence-corrected chi connectivity index (χ0v) is 13.8. The number of ether oxygens (including phenoxy) is 1. The fourth-order valence-corrected chi connectivity index (χ4v) is 2.75. The fourth-order valence-electron chi connectivity index (χ4n) is 2.75. The SMILES string of the molecule is COc1ccc2oc(C(=Cc3ccccc3)c3ccccc3)nc2c1. The van der Waals surface area contributed by atoms with Crippen LogP contribution in [0.2, 0.25) is 0 Å². The standard InChI is InChI=1S/C22H17NO2/c1-24-18-12-13-21-20(15-18)23-22(25-21)19(17-10-6-3-7-11-17)14-16-8-4-2-5-9-16/h2-15H,1H3. The summed E-state index contributed by atoms with van der Waals surface area (Å²) in [5, 5.41) is 0. The van der Waals surface area contributed by atoms with Crippen LogP contribution in [0.1, 0.15) is 17.0 Å². The van der Waals surface area contributed by atoms with Gasteiger partial charge in [0.05, 0.1) is 7.11 Å². The van der Waals surface area contributed by atoms with Gasteiger partial charge < -0.3 is 9.15 Å². The highest BCUT2D eigenvalue weighted by Gasteiger charge is 2.13. The van der Waals surface area contributed by atoms with E-state index in [0.29, 0.717) is 5.89 Å². The van der Waals surface area contributed by atoms with E-state index >= 15 is 0 Å². The van der Waals surface area contributed by atoms with E-state index in [2.05, 4.69) is 35.3 Å². The Morgan fingerprint density at radius 2 is 1.64 bits per heavy atom. The minimum atomic E-state index is 0.596. The largest absolute Gasteiger partial charge is 0.497 e. The molecule has 0 saturated carbocycles. The van der Waals surface area contributed by atoms with Crippen molar-refractivity contribution in [3.05, 3.63) is 95.9 Å². The van der Waals surface area contributed by atoms with E-state index in [-0.39, 0.29) is 0 Å². The van der Waals surface area contributed by atoms with Crippen LogP contribution in [0, 0.1) is 0 Å². The molecule has 0 fully saturated rings. The Kier molecular flexibility index (Phi) is 4.05. The van der Waals surface area contributed by atoms with Crippen LogP contribution in [0.25, 0.3) is 22.7 Å². The Labute approximate surface area is 146 Å². The second kappa shape index (κ2) is 6.65. The van der Waals surface area contributed by atoms with E-state index in [9.17, 15) is 0 Å². The fraction of sp³-hybridized carbons (Fsp3) is 0.0455. The molecule has 3 heteroatoms. The first-order chi connectivity index (χ1) is 12.3. The smallest absolute Gasteiger partial charge is 0.227 e. The lowest BCUT2D eigenvalue weighted by atomic mass is 10.0. The summed E-state index contributed by atoms with van der Waals surface area (Å²) in [5.41, 5.74) is 4.63. The van der Waals surface area contributed by atoms with E-state index in [1.54, 1.807) is 7.11 Å². The van der Waals surface area contributed by atoms with E-state index in [4.69, 9.17) is 9.15 Å². The molecule has 0 aliphatic heterocycles. The third kappa shape index (κ3) is 3.17. The van der Waals surface area contributed by atoms with Gasteiger partial charge in [-0.15, -0.1) is 0 Å². The number of rotatable bonds is 4. The van der Waals surface area contributed by atoms with Crippen LogP contribution in [0.4, 0.5) is 0 Å². The van der Waals surface area contributed by atoms with Crippen LogP contribution in [0.3, 0.4) is 0 Å². The lowest BCUT2D eigenvalue weighted by Crippen LogP contribution is -1.88. The monoisotopic (exact) mass is 327 g/mol. The van der Waals surface area contributed by atoms with Gasteiger partial charge in [0.15, 0.2) is 5.58 Å². The molecule has 0 bridgehead atoms. The molecule has 0 unspecified atom stereocenters. The summed E-state index contributed by atoms with van der Waals surface area (Å²) in [5.74, 6) is 1.36. The summed E-state index contributed by atoms with van der Waals surface area (Å²) in [7, 11) is 1.65. The normalized spacial score (nSPS) is 11.6. The van der Waals surface area contributed by atoms with Crippen molar-refractivity contribution in [3.63, 3.8) is 0 Å². The van der Waals surface area contributed by atoms with Gasteiger partial charge in [-0.05, 0) is 29.3 Å². The molecular weight excluding hydrogens is 310 g/mol. The number of nitrogens with zero attached hydrogens (tertiary/aromatic N) is 1. The van der Waals surface area contributed by atoms with Crippen molar-refractivity contribution in [2.45, 2.75) is 0 Å². The van der Waals surface area contributed by atoms with Crippen molar-refractivity contribution in [1.82, 2.24) is 4.98 Å². The quantitative estimate of drug-likeness (QED) is 0.469. The highest BCUT2D eigenvalue weighted by molar-refractivity contribution is 5.90. The number of hydrogen-bond acceptors (Lipinski definition) is 3. The number of aromatic nitrogens is 1. The summed E-state index contributed by atoms with van der Waals surface area (Å²) in [6.07, 6.45) is 2.09. The molecule has 1 heterocycles. The van der Waals surface area contributed by atoms with Crippen LogP contribution in [0.15, 0.2) is 83.3 Å². The van der Waals surface area contributed by atoms with Crippen LogP contribution in [-0.2, 0) is 0 Å². The van der Waals surface area contributed by atoms with E-state index < -0.39 is 0 Å². The molecule has 122 valence electrons. The Morgan fingerprint density at radius 1 is 0.920 bits per heavy atom. The number of benzene rings is 3. The summed E-state index contributed by atoms with van der Waals surface area (Å²) < 4.78 is 11.3. The molecule has 4 aromatic rings. The highest BCUT2D eigenvalue weighted by Crippen LogP contribution is 2.29. The molecule has 0 amide bonds. The Bertz CT molecular complexity index is 1020. The average molecular weight is 327 g/mol. The molecule has 1 aromatic heterocycles. The van der Waals surface area contributed by atoms with Crippen LogP contribution in [0.5, 0.6) is 5.75 Å². The molecule has 0 radical (unpaired) electrons. The first-order valence-corrected chi connectivity index (χ1v) is 8.10. The van der Waals surface area contributed by atoms with Crippen molar-refractivity contribution >= 4 is 22.7 Å². The predicted molar refractivity (Wildman–Crippen MR) is 100 cm³/mol. The van der Waals surface area contributed by atoms with Gasteiger partial charge in [-0.2, -0.15) is 0 Å². The molecule has 0 aliphatic carbocycles. The Morgan fingerprint density at radius 3 is 2.36 bits per heavy atom. The summed E-state index contributed by atoms with van der Waals surface area (Å²) in [6.45, 7) is 0. The molecule has 0 aliphatic rings. The summed E-state index contributed by atoms with van der Waals surface area (Å²) in [4.78, 5) is 4.68. The average Bonchev–Trinajstić information content (AvgIpc) is 3.10. The number of methoxy groups -OCH3 is 1. The molecule has 3 nitrogen and oxygen atoms in total. The highest BCUT2D eigenvalue weighted by atomic mass is 16.5. The lowest BCUT2D eigenvalue weighted by Gasteiger charge is -2.04. The first kappa shape index (κ1) is 15.2. The van der Waals surface area contributed by atoms with Gasteiger partial charge in [-0.3, -0.25) is 0 Å². The molecule has 25 heavy (non-hydrogen) atoms. The second-order valence-corrected chi connectivity index (χ2v) is 5.69. The van der Waals surface area contributed by atoms with Gasteiger partial charge in [0, 0.05) is 11.6 Å². The van der Waals surface area contributed by atoms with Gasteiger partial charge >= 0.3 is 0 Å².